The van der Waals surface area contributed by atoms with Crippen molar-refractivity contribution >= 4 is 23.4 Å². The number of nitrogens with one attached hydrogen (secondary N) is 2. The molecule has 2 aromatic carbocycles. The molecule has 0 radical (unpaired) electrons. The van der Waals surface area contributed by atoms with Crippen molar-refractivity contribution in [2.45, 2.75) is 26.2 Å². The number of methoxy groups -OCH3 is 1. The Labute approximate surface area is 171 Å². The van der Waals surface area contributed by atoms with Crippen LogP contribution in [0.4, 0.5) is 17.5 Å². The lowest BCUT2D eigenvalue weighted by molar-refractivity contribution is 0.0601. The molecule has 0 unspecified atom stereocenters. The van der Waals surface area contributed by atoms with E-state index in [2.05, 4.69) is 27.5 Å². The van der Waals surface area contributed by atoms with E-state index in [4.69, 9.17) is 4.74 Å². The van der Waals surface area contributed by atoms with Crippen LogP contribution in [0.15, 0.2) is 60.7 Å². The van der Waals surface area contributed by atoms with Crippen molar-refractivity contribution in [1.82, 2.24) is 9.97 Å². The summed E-state index contributed by atoms with van der Waals surface area (Å²) < 4.78 is 4.74. The Balaban J connectivity index is 1.83. The largest absolute Gasteiger partial charge is 0.465 e. The second-order valence-electron chi connectivity index (χ2n) is 6.66. The minimum absolute atomic E-state index is 0.358. The van der Waals surface area contributed by atoms with Crippen LogP contribution in [-0.4, -0.2) is 29.6 Å². The molecule has 0 aliphatic heterocycles. The smallest absolute Gasteiger partial charge is 0.337 e. The fourth-order valence-corrected chi connectivity index (χ4v) is 2.88. The van der Waals surface area contributed by atoms with Gasteiger partial charge in [-0.2, -0.15) is 4.98 Å². The molecule has 0 spiro atoms. The van der Waals surface area contributed by atoms with Gasteiger partial charge in [-0.3, -0.25) is 0 Å². The lowest BCUT2D eigenvalue weighted by Gasteiger charge is -2.12. The van der Waals surface area contributed by atoms with Crippen LogP contribution >= 0.6 is 0 Å². The van der Waals surface area contributed by atoms with Gasteiger partial charge >= 0.3 is 5.97 Å². The Morgan fingerprint density at radius 1 is 1.00 bits per heavy atom. The van der Waals surface area contributed by atoms with Gasteiger partial charge in [-0.05, 0) is 30.7 Å². The van der Waals surface area contributed by atoms with Crippen LogP contribution in [0.5, 0.6) is 0 Å². The van der Waals surface area contributed by atoms with E-state index in [1.54, 1.807) is 12.1 Å². The number of anilines is 3. The number of nitrogens with zero attached hydrogens (tertiary/aromatic N) is 2. The summed E-state index contributed by atoms with van der Waals surface area (Å²) in [6.45, 7) is 3.01. The number of carbonyl (C=O) groups is 1. The average molecular weight is 390 g/mol. The number of ether oxygens (including phenoxy) is 1. The van der Waals surface area contributed by atoms with Gasteiger partial charge in [0.1, 0.15) is 5.82 Å². The molecule has 0 bridgehead atoms. The summed E-state index contributed by atoms with van der Waals surface area (Å²) in [7, 11) is 1.37. The second kappa shape index (κ2) is 10.2. The lowest BCUT2D eigenvalue weighted by atomic mass is 10.1. The molecular formula is C23H26N4O2. The molecule has 1 heterocycles. The first kappa shape index (κ1) is 20.3. The number of rotatable bonds is 9. The Morgan fingerprint density at radius 2 is 1.76 bits per heavy atom. The highest BCUT2D eigenvalue weighted by Gasteiger charge is 2.08. The third kappa shape index (κ3) is 5.78. The number of hydrogen-bond donors (Lipinski definition) is 2. The Morgan fingerprint density at radius 3 is 2.45 bits per heavy atom. The molecule has 3 aromatic rings. The highest BCUT2D eigenvalue weighted by atomic mass is 16.5. The minimum atomic E-state index is -0.358. The van der Waals surface area contributed by atoms with Gasteiger partial charge in [0.05, 0.1) is 18.4 Å². The molecule has 29 heavy (non-hydrogen) atoms. The number of aromatic nitrogens is 2. The summed E-state index contributed by atoms with van der Waals surface area (Å²) in [4.78, 5) is 20.9. The fraction of sp³-hybridized carbons (Fsp3) is 0.261. The van der Waals surface area contributed by atoms with Gasteiger partial charge in [0.15, 0.2) is 0 Å². The number of esters is 1. The van der Waals surface area contributed by atoms with Gasteiger partial charge in [-0.1, -0.05) is 50.1 Å². The third-order valence-corrected chi connectivity index (χ3v) is 4.44. The summed E-state index contributed by atoms with van der Waals surface area (Å²) in [6, 6.07) is 19.0. The summed E-state index contributed by atoms with van der Waals surface area (Å²) in [6.07, 6.45) is 3.41. The monoisotopic (exact) mass is 390 g/mol. The highest BCUT2D eigenvalue weighted by molar-refractivity contribution is 5.89. The van der Waals surface area contributed by atoms with Gasteiger partial charge in [0.2, 0.25) is 5.95 Å². The van der Waals surface area contributed by atoms with Crippen LogP contribution in [0.2, 0.25) is 0 Å². The van der Waals surface area contributed by atoms with Crippen LogP contribution in [0.1, 0.15) is 36.5 Å². The first-order valence-corrected chi connectivity index (χ1v) is 9.83. The molecular weight excluding hydrogens is 364 g/mol. The predicted octanol–water partition coefficient (Wildman–Crippen LogP) is 5.28. The zero-order valence-electron chi connectivity index (χ0n) is 16.8. The molecule has 0 fully saturated rings. The van der Waals surface area contributed by atoms with Crippen molar-refractivity contribution in [3.8, 4) is 11.3 Å². The van der Waals surface area contributed by atoms with Crippen molar-refractivity contribution in [3.63, 3.8) is 0 Å². The fourth-order valence-electron chi connectivity index (χ4n) is 2.88. The summed E-state index contributed by atoms with van der Waals surface area (Å²) in [5.74, 6) is 0.919. The molecule has 1 aromatic heterocycles. The van der Waals surface area contributed by atoms with Gasteiger partial charge in [0.25, 0.3) is 0 Å². The third-order valence-electron chi connectivity index (χ3n) is 4.44. The van der Waals surface area contributed by atoms with Gasteiger partial charge in [-0.25, -0.2) is 9.78 Å². The molecule has 6 heteroatoms. The molecule has 3 rings (SSSR count). The molecule has 0 saturated heterocycles. The van der Waals surface area contributed by atoms with Gasteiger partial charge in [0, 0.05) is 23.9 Å². The number of unbranched alkanes of at least 4 members (excludes halogenated alkanes) is 2. The second-order valence-corrected chi connectivity index (χ2v) is 6.66. The Kier molecular flexibility index (Phi) is 7.16. The molecule has 2 N–H and O–H groups in total. The Bertz CT molecular complexity index is 927. The van der Waals surface area contributed by atoms with Crippen LogP contribution < -0.4 is 10.6 Å². The summed E-state index contributed by atoms with van der Waals surface area (Å²) in [5.41, 5.74) is 3.19. The van der Waals surface area contributed by atoms with Crippen LogP contribution in [0.3, 0.4) is 0 Å². The van der Waals surface area contributed by atoms with E-state index in [1.807, 2.05) is 48.5 Å². The van der Waals surface area contributed by atoms with Crippen molar-refractivity contribution in [1.29, 1.82) is 0 Å². The van der Waals surface area contributed by atoms with E-state index >= 15 is 0 Å². The van der Waals surface area contributed by atoms with Crippen molar-refractivity contribution in [2.75, 3.05) is 24.3 Å². The van der Waals surface area contributed by atoms with Crippen molar-refractivity contribution in [3.05, 3.63) is 66.2 Å². The first-order chi connectivity index (χ1) is 14.2. The normalized spacial score (nSPS) is 10.4. The summed E-state index contributed by atoms with van der Waals surface area (Å²) >= 11 is 0. The molecule has 150 valence electrons. The maximum atomic E-state index is 11.6. The molecule has 0 aliphatic carbocycles. The molecule has 0 saturated carbocycles. The van der Waals surface area contributed by atoms with E-state index in [9.17, 15) is 4.79 Å². The van der Waals surface area contributed by atoms with E-state index < -0.39 is 0 Å². The molecule has 0 aliphatic rings. The SMILES string of the molecule is CCCCCNc1nc(Nc2ccc(C(=O)OC)cc2)cc(-c2ccccc2)n1. The van der Waals surface area contributed by atoms with Gasteiger partial charge in [-0.15, -0.1) is 0 Å². The van der Waals surface area contributed by atoms with Crippen LogP contribution in [0, 0.1) is 0 Å². The minimum Gasteiger partial charge on any atom is -0.465 e. The van der Waals surface area contributed by atoms with E-state index in [0.717, 1.165) is 29.9 Å². The molecule has 0 amide bonds. The zero-order valence-corrected chi connectivity index (χ0v) is 16.8. The lowest BCUT2D eigenvalue weighted by Crippen LogP contribution is -2.07. The topological polar surface area (TPSA) is 76.1 Å². The molecule has 0 atom stereocenters. The first-order valence-electron chi connectivity index (χ1n) is 9.83. The number of benzene rings is 2. The summed E-state index contributed by atoms with van der Waals surface area (Å²) in [5, 5.41) is 6.62. The van der Waals surface area contributed by atoms with Crippen molar-refractivity contribution < 1.29 is 9.53 Å². The van der Waals surface area contributed by atoms with E-state index in [-0.39, 0.29) is 5.97 Å². The van der Waals surface area contributed by atoms with E-state index in [1.165, 1.54) is 20.0 Å². The zero-order chi connectivity index (χ0) is 20.5. The molecule has 6 nitrogen and oxygen atoms in total. The highest BCUT2D eigenvalue weighted by Crippen LogP contribution is 2.24. The Hall–Kier alpha value is -3.41. The maximum Gasteiger partial charge on any atom is 0.337 e. The number of carbonyl (C=O) groups excluding carboxylic acids is 1. The standard InChI is InChI=1S/C23H26N4O2/c1-3-4-8-15-24-23-26-20(17-9-6-5-7-10-17)16-21(27-23)25-19-13-11-18(12-14-19)22(28)29-2/h5-7,9-14,16H,3-4,8,15H2,1-2H3,(H2,24,25,26,27). The van der Waals surface area contributed by atoms with E-state index in [0.29, 0.717) is 17.3 Å². The number of hydrogen-bond acceptors (Lipinski definition) is 6. The van der Waals surface area contributed by atoms with Crippen LogP contribution in [-0.2, 0) is 4.74 Å². The quantitative estimate of drug-likeness (QED) is 0.383. The maximum absolute atomic E-state index is 11.6. The van der Waals surface area contributed by atoms with Crippen LogP contribution in [0.25, 0.3) is 11.3 Å². The average Bonchev–Trinajstić information content (AvgIpc) is 2.77. The van der Waals surface area contributed by atoms with Gasteiger partial charge < -0.3 is 15.4 Å². The predicted molar refractivity (Wildman–Crippen MR) is 117 cm³/mol. The van der Waals surface area contributed by atoms with Crippen molar-refractivity contribution in [2.24, 2.45) is 0 Å².